The Labute approximate surface area is 93.6 Å². The Morgan fingerprint density at radius 3 is 2.71 bits per heavy atom. The summed E-state index contributed by atoms with van der Waals surface area (Å²) in [6.07, 6.45) is 0. The monoisotopic (exact) mass is 257 g/mol. The van der Waals surface area contributed by atoms with Crippen molar-refractivity contribution < 1.29 is 4.74 Å². The van der Waals surface area contributed by atoms with Gasteiger partial charge in [0.15, 0.2) is 0 Å². The average molecular weight is 258 g/mol. The topological polar surface area (TPSA) is 35.2 Å². The first-order chi connectivity index (χ1) is 6.63. The Morgan fingerprint density at radius 1 is 1.43 bits per heavy atom. The zero-order valence-corrected chi connectivity index (χ0v) is 10.2. The SMILES string of the molecule is CC(C)COc1ccc(Br)c(CN)c1. The van der Waals surface area contributed by atoms with Crippen LogP contribution < -0.4 is 10.5 Å². The lowest BCUT2D eigenvalue weighted by Crippen LogP contribution is -2.05. The van der Waals surface area contributed by atoms with Gasteiger partial charge in [0.2, 0.25) is 0 Å². The van der Waals surface area contributed by atoms with Gasteiger partial charge in [-0.15, -0.1) is 0 Å². The molecule has 0 aliphatic heterocycles. The molecule has 0 unspecified atom stereocenters. The minimum atomic E-state index is 0.527. The van der Waals surface area contributed by atoms with Crippen molar-refractivity contribution in [3.05, 3.63) is 28.2 Å². The molecule has 14 heavy (non-hydrogen) atoms. The third kappa shape index (κ3) is 3.31. The van der Waals surface area contributed by atoms with Crippen LogP contribution in [0.25, 0.3) is 0 Å². The van der Waals surface area contributed by atoms with E-state index >= 15 is 0 Å². The summed E-state index contributed by atoms with van der Waals surface area (Å²) in [5.74, 6) is 1.43. The number of halogens is 1. The fraction of sp³-hybridized carbons (Fsp3) is 0.455. The van der Waals surface area contributed by atoms with Crippen LogP contribution >= 0.6 is 15.9 Å². The average Bonchev–Trinajstić information content (AvgIpc) is 2.16. The summed E-state index contributed by atoms with van der Waals surface area (Å²) in [5.41, 5.74) is 6.67. The molecule has 0 fully saturated rings. The molecule has 0 amide bonds. The number of hydrogen-bond acceptors (Lipinski definition) is 2. The minimum Gasteiger partial charge on any atom is -0.493 e. The van der Waals surface area contributed by atoms with Crippen LogP contribution in [-0.2, 0) is 6.54 Å². The molecule has 0 radical (unpaired) electrons. The molecular formula is C11H16BrNO. The number of hydrogen-bond donors (Lipinski definition) is 1. The molecule has 0 aliphatic rings. The van der Waals surface area contributed by atoms with E-state index in [-0.39, 0.29) is 0 Å². The fourth-order valence-corrected chi connectivity index (χ4v) is 1.47. The predicted octanol–water partition coefficient (Wildman–Crippen LogP) is 2.94. The first kappa shape index (κ1) is 11.5. The molecule has 2 N–H and O–H groups in total. The molecule has 1 aromatic rings. The number of benzene rings is 1. The van der Waals surface area contributed by atoms with Crippen molar-refractivity contribution in [2.75, 3.05) is 6.61 Å². The van der Waals surface area contributed by atoms with Gasteiger partial charge < -0.3 is 10.5 Å². The van der Waals surface area contributed by atoms with Gasteiger partial charge in [0.05, 0.1) is 6.61 Å². The maximum Gasteiger partial charge on any atom is 0.119 e. The summed E-state index contributed by atoms with van der Waals surface area (Å²) < 4.78 is 6.63. The van der Waals surface area contributed by atoms with Crippen molar-refractivity contribution in [3.8, 4) is 5.75 Å². The van der Waals surface area contributed by atoms with Crippen molar-refractivity contribution >= 4 is 15.9 Å². The van der Waals surface area contributed by atoms with Gasteiger partial charge in [-0.05, 0) is 29.7 Å². The Hall–Kier alpha value is -0.540. The number of rotatable bonds is 4. The van der Waals surface area contributed by atoms with E-state index in [9.17, 15) is 0 Å². The van der Waals surface area contributed by atoms with Crippen LogP contribution in [0.15, 0.2) is 22.7 Å². The van der Waals surface area contributed by atoms with Gasteiger partial charge in [-0.1, -0.05) is 29.8 Å². The van der Waals surface area contributed by atoms with E-state index < -0.39 is 0 Å². The van der Waals surface area contributed by atoms with Crippen LogP contribution in [0.1, 0.15) is 19.4 Å². The van der Waals surface area contributed by atoms with E-state index in [0.717, 1.165) is 22.4 Å². The molecule has 0 atom stereocenters. The second-order valence-electron chi connectivity index (χ2n) is 3.66. The van der Waals surface area contributed by atoms with Crippen LogP contribution in [0, 0.1) is 5.92 Å². The zero-order valence-electron chi connectivity index (χ0n) is 8.59. The second-order valence-corrected chi connectivity index (χ2v) is 4.52. The molecule has 3 heteroatoms. The molecular weight excluding hydrogens is 242 g/mol. The van der Waals surface area contributed by atoms with Gasteiger partial charge in [0.25, 0.3) is 0 Å². The van der Waals surface area contributed by atoms with E-state index in [1.165, 1.54) is 0 Å². The molecule has 0 saturated heterocycles. The van der Waals surface area contributed by atoms with Crippen LogP contribution in [0.2, 0.25) is 0 Å². The van der Waals surface area contributed by atoms with Crippen LogP contribution in [0.3, 0.4) is 0 Å². The first-order valence-electron chi connectivity index (χ1n) is 4.74. The Balaban J connectivity index is 2.69. The summed E-state index contributed by atoms with van der Waals surface area (Å²) in [6, 6.07) is 5.90. The van der Waals surface area contributed by atoms with Crippen molar-refractivity contribution in [1.82, 2.24) is 0 Å². The summed E-state index contributed by atoms with van der Waals surface area (Å²) in [6.45, 7) is 5.52. The lowest BCUT2D eigenvalue weighted by molar-refractivity contribution is 0.271. The molecule has 78 valence electrons. The largest absolute Gasteiger partial charge is 0.493 e. The van der Waals surface area contributed by atoms with Gasteiger partial charge in [0, 0.05) is 11.0 Å². The molecule has 0 bridgehead atoms. The normalized spacial score (nSPS) is 10.6. The van der Waals surface area contributed by atoms with E-state index in [0.29, 0.717) is 12.5 Å². The Kier molecular flexibility index (Phi) is 4.42. The third-order valence-electron chi connectivity index (χ3n) is 1.82. The Morgan fingerprint density at radius 2 is 2.14 bits per heavy atom. The van der Waals surface area contributed by atoms with E-state index in [1.54, 1.807) is 0 Å². The van der Waals surface area contributed by atoms with Crippen LogP contribution in [-0.4, -0.2) is 6.61 Å². The van der Waals surface area contributed by atoms with Gasteiger partial charge in [-0.25, -0.2) is 0 Å². The summed E-state index contributed by atoms with van der Waals surface area (Å²) in [4.78, 5) is 0. The maximum absolute atomic E-state index is 5.59. The highest BCUT2D eigenvalue weighted by atomic mass is 79.9. The second kappa shape index (κ2) is 5.37. The number of ether oxygens (including phenoxy) is 1. The molecule has 0 aromatic heterocycles. The van der Waals surface area contributed by atoms with Gasteiger partial charge in [-0.3, -0.25) is 0 Å². The molecule has 0 spiro atoms. The van der Waals surface area contributed by atoms with Gasteiger partial charge >= 0.3 is 0 Å². The highest BCUT2D eigenvalue weighted by Gasteiger charge is 2.01. The predicted molar refractivity (Wildman–Crippen MR) is 62.4 cm³/mol. The van der Waals surface area contributed by atoms with Crippen molar-refractivity contribution in [1.29, 1.82) is 0 Å². The van der Waals surface area contributed by atoms with Crippen LogP contribution in [0.4, 0.5) is 0 Å². The van der Waals surface area contributed by atoms with Crippen LogP contribution in [0.5, 0.6) is 5.75 Å². The number of nitrogens with two attached hydrogens (primary N) is 1. The smallest absolute Gasteiger partial charge is 0.119 e. The lowest BCUT2D eigenvalue weighted by Gasteiger charge is -2.10. The van der Waals surface area contributed by atoms with E-state index in [2.05, 4.69) is 29.8 Å². The van der Waals surface area contributed by atoms with E-state index in [4.69, 9.17) is 10.5 Å². The highest BCUT2D eigenvalue weighted by Crippen LogP contribution is 2.22. The fourth-order valence-electron chi connectivity index (χ4n) is 1.06. The first-order valence-corrected chi connectivity index (χ1v) is 5.54. The third-order valence-corrected chi connectivity index (χ3v) is 2.59. The minimum absolute atomic E-state index is 0.527. The molecule has 0 heterocycles. The lowest BCUT2D eigenvalue weighted by atomic mass is 10.2. The maximum atomic E-state index is 5.59. The van der Waals surface area contributed by atoms with Crippen molar-refractivity contribution in [2.24, 2.45) is 11.7 Å². The molecule has 1 rings (SSSR count). The standard InChI is InChI=1S/C11H16BrNO/c1-8(2)7-14-10-3-4-11(12)9(5-10)6-13/h3-5,8H,6-7,13H2,1-2H3. The zero-order chi connectivity index (χ0) is 10.6. The summed E-state index contributed by atoms with van der Waals surface area (Å²) in [7, 11) is 0. The molecule has 1 aromatic carbocycles. The van der Waals surface area contributed by atoms with Crippen molar-refractivity contribution in [3.63, 3.8) is 0 Å². The van der Waals surface area contributed by atoms with Crippen molar-refractivity contribution in [2.45, 2.75) is 20.4 Å². The summed E-state index contributed by atoms with van der Waals surface area (Å²) in [5, 5.41) is 0. The molecule has 0 aliphatic carbocycles. The Bertz CT molecular complexity index is 299. The molecule has 2 nitrogen and oxygen atoms in total. The molecule has 0 saturated carbocycles. The summed E-state index contributed by atoms with van der Waals surface area (Å²) >= 11 is 3.44. The van der Waals surface area contributed by atoms with Gasteiger partial charge in [-0.2, -0.15) is 0 Å². The highest BCUT2D eigenvalue weighted by molar-refractivity contribution is 9.10. The quantitative estimate of drug-likeness (QED) is 0.901. The van der Waals surface area contributed by atoms with E-state index in [1.807, 2.05) is 18.2 Å². The van der Waals surface area contributed by atoms with Gasteiger partial charge in [0.1, 0.15) is 5.75 Å².